The Balaban J connectivity index is 0.711. The number of imide groups is 1. The van der Waals surface area contributed by atoms with Gasteiger partial charge in [-0.1, -0.05) is 38.2 Å². The van der Waals surface area contributed by atoms with Crippen molar-refractivity contribution in [3.8, 4) is 0 Å². The number of rotatable bonds is 21. The van der Waals surface area contributed by atoms with E-state index in [9.17, 15) is 52.5 Å². The molecule has 0 aliphatic carbocycles. The number of nitrogen functional groups attached to an aromatic ring is 1. The topological polar surface area (TPSA) is 457 Å². The number of halogens is 3. The van der Waals surface area contributed by atoms with Crippen LogP contribution in [-0.4, -0.2) is 207 Å². The predicted molar refractivity (Wildman–Crippen MR) is 325 cm³/mol. The van der Waals surface area contributed by atoms with E-state index in [4.69, 9.17) is 60.3 Å². The molecule has 8 amide bonds. The van der Waals surface area contributed by atoms with Crippen LogP contribution in [0.25, 0.3) is 22.3 Å². The summed E-state index contributed by atoms with van der Waals surface area (Å²) in [5.41, 5.74) is 11.9. The van der Waals surface area contributed by atoms with Gasteiger partial charge in [-0.05, 0) is 48.3 Å². The van der Waals surface area contributed by atoms with Crippen LogP contribution in [0.4, 0.5) is 44.9 Å². The molecule has 508 valence electrons. The number of primary amides is 1. The van der Waals surface area contributed by atoms with Gasteiger partial charge in [0.1, 0.15) is 74.2 Å². The molecule has 3 unspecified atom stereocenters. The number of hydrogen-bond donors (Lipinski definition) is 10. The Morgan fingerprint density at radius 1 is 0.862 bits per heavy atom. The summed E-state index contributed by atoms with van der Waals surface area (Å²) in [6, 6.07) is 2.35. The summed E-state index contributed by atoms with van der Waals surface area (Å²) in [6.07, 6.45) is -12.7. The number of aliphatic hydroxyl groups is 1. The number of hydrogen-bond acceptors (Lipinski definition) is 26. The van der Waals surface area contributed by atoms with Crippen molar-refractivity contribution in [3.63, 3.8) is 0 Å². The summed E-state index contributed by atoms with van der Waals surface area (Å²) in [4.78, 5) is 126. The highest BCUT2D eigenvalue weighted by Gasteiger charge is 2.54. The van der Waals surface area contributed by atoms with Crippen molar-refractivity contribution < 1.29 is 98.3 Å². The molecule has 4 saturated heterocycles. The average Bonchev–Trinajstić information content (AvgIpc) is 1.62. The summed E-state index contributed by atoms with van der Waals surface area (Å²) in [5.74, 6) is -3.08. The van der Waals surface area contributed by atoms with Crippen LogP contribution in [0.15, 0.2) is 61.7 Å². The number of aliphatic hydroxyl groups excluding tert-OH is 1. The fourth-order valence-corrected chi connectivity index (χ4v) is 13.7. The maximum Gasteiger partial charge on any atom is 0.412 e. The molecule has 9 heterocycles. The molecular weight excluding hydrogens is 1330 g/mol. The minimum Gasteiger partial charge on any atom is -0.447 e. The van der Waals surface area contributed by atoms with Gasteiger partial charge in [-0.25, -0.2) is 62.0 Å². The van der Waals surface area contributed by atoms with E-state index in [1.807, 2.05) is 0 Å². The van der Waals surface area contributed by atoms with Gasteiger partial charge in [0.15, 0.2) is 53.2 Å². The van der Waals surface area contributed by atoms with Crippen LogP contribution in [0.2, 0.25) is 0 Å². The molecule has 42 heteroatoms. The van der Waals surface area contributed by atoms with Gasteiger partial charge in [0.05, 0.1) is 44.5 Å². The molecule has 0 radical (unpaired) electrons. The summed E-state index contributed by atoms with van der Waals surface area (Å²) < 4.78 is 109. The lowest BCUT2D eigenvalue weighted by Crippen LogP contribution is -2.55. The number of alkyl halides is 3. The van der Waals surface area contributed by atoms with Gasteiger partial charge in [-0.3, -0.25) is 57.0 Å². The van der Waals surface area contributed by atoms with Gasteiger partial charge in [0, 0.05) is 43.8 Å². The quantitative estimate of drug-likeness (QED) is 0.0165. The van der Waals surface area contributed by atoms with Crippen molar-refractivity contribution in [2.75, 3.05) is 55.8 Å². The number of likely N-dealkylation sites (tertiary alicyclic amines) is 1. The third-order valence-corrected chi connectivity index (χ3v) is 18.6. The first kappa shape index (κ1) is 69.1. The first-order valence-corrected chi connectivity index (χ1v) is 34.2. The molecule has 0 saturated carbocycles. The van der Waals surface area contributed by atoms with E-state index in [1.54, 1.807) is 38.1 Å². The zero-order valence-electron chi connectivity index (χ0n) is 49.6. The third kappa shape index (κ3) is 16.3. The summed E-state index contributed by atoms with van der Waals surface area (Å²) in [7, 11) is 0. The van der Waals surface area contributed by atoms with Crippen LogP contribution < -0.4 is 38.1 Å². The van der Waals surface area contributed by atoms with E-state index in [1.165, 1.54) is 10.9 Å². The second-order valence-corrected chi connectivity index (χ2v) is 27.9. The van der Waals surface area contributed by atoms with Crippen molar-refractivity contribution in [1.29, 1.82) is 0 Å². The predicted octanol–water partition coefficient (Wildman–Crippen LogP) is 2.21. The molecule has 10 rings (SSSR count). The Labute approximate surface area is 540 Å². The maximum atomic E-state index is 16.8. The van der Waals surface area contributed by atoms with Crippen LogP contribution in [0.1, 0.15) is 57.6 Å². The van der Waals surface area contributed by atoms with Crippen molar-refractivity contribution in [2.45, 2.75) is 126 Å². The van der Waals surface area contributed by atoms with Crippen molar-refractivity contribution in [2.24, 2.45) is 11.7 Å². The third-order valence-electron chi connectivity index (χ3n) is 15.4. The Morgan fingerprint density at radius 3 is 2.15 bits per heavy atom. The lowest BCUT2D eigenvalue weighted by Gasteiger charge is -2.29. The van der Waals surface area contributed by atoms with E-state index in [-0.39, 0.29) is 79.3 Å². The molecule has 5 aliphatic heterocycles. The van der Waals surface area contributed by atoms with Crippen molar-refractivity contribution in [1.82, 2.24) is 64.8 Å². The molecule has 0 bridgehead atoms. The zero-order valence-corrected chi connectivity index (χ0v) is 53.1. The van der Waals surface area contributed by atoms with Gasteiger partial charge >= 0.3 is 31.7 Å². The monoisotopic (exact) mass is 1400 g/mol. The standard InChI is InChI=1S/C52H64F3N17O18P2S2/c1-24(2)37(67-32(73)11-13-69-33(74)9-10-34(69)75)47(77)66-29(4-3-12-58-50(57)78)46(76)65-27-7-5-25(6-8-27)16-84-52(80)70-15-26(53)14-28(70)17-83-51(79)68-43-39-45(62-21-60-43)72(23-64-39)49-36(55)41-31(88-49)19-86-91(81,93)89-40-30(18-85-92(82,94)90-41)87-48(35(40)54)71-22-63-38-42(56)59-20-61-44(38)71/h5-10,20-24,26,28-31,35-37,40-41,46,48-49,65,76H,3-4,11-19H2,1-2H3,(H,66,77)(H,67,73)(H,81,93)(H,82,94)(H2,56,59,61)(H3,57,58,78)(H,60,62,68,79)/t26-,28-,29-,30+,31+,35+,36+,37-,40+,41+,46?,48+,49+,91?,92?/m0/s1. The number of nitrogens with one attached hydrogen (secondary N) is 5. The number of ether oxygens (including phenoxy) is 4. The van der Waals surface area contributed by atoms with Gasteiger partial charge in [0.25, 0.3) is 11.8 Å². The number of amides is 8. The van der Waals surface area contributed by atoms with E-state index in [0.717, 1.165) is 45.5 Å². The van der Waals surface area contributed by atoms with Crippen molar-refractivity contribution >= 4 is 119 Å². The molecule has 35 nitrogen and oxygen atoms in total. The number of nitrogens with two attached hydrogens (primary N) is 2. The minimum absolute atomic E-state index is 0.000847. The second-order valence-electron chi connectivity index (χ2n) is 22.3. The number of carbonyl (C=O) groups is 7. The molecule has 4 fully saturated rings. The number of benzene rings is 1. The van der Waals surface area contributed by atoms with Gasteiger partial charge in [-0.15, -0.1) is 0 Å². The highest BCUT2D eigenvalue weighted by molar-refractivity contribution is 8.44. The number of anilines is 3. The molecule has 94 heavy (non-hydrogen) atoms. The van der Waals surface area contributed by atoms with Crippen LogP contribution >= 0.6 is 25.8 Å². The van der Waals surface area contributed by atoms with Crippen LogP contribution in [0, 0.1) is 5.92 Å². The van der Waals surface area contributed by atoms with E-state index in [0.29, 0.717) is 11.3 Å². The largest absolute Gasteiger partial charge is 0.447 e. The molecule has 15 atom stereocenters. The number of carbonyl (C=O) groups excluding carboxylic acids is 7. The van der Waals surface area contributed by atoms with E-state index in [2.05, 4.69) is 68.7 Å². The van der Waals surface area contributed by atoms with Crippen LogP contribution in [0.3, 0.4) is 0 Å². The Bertz CT molecular complexity index is 3780. The van der Waals surface area contributed by atoms with Gasteiger partial charge in [0.2, 0.25) is 11.8 Å². The lowest BCUT2D eigenvalue weighted by atomic mass is 10.0. The number of nitrogens with zero attached hydrogens (tertiary/aromatic N) is 10. The van der Waals surface area contributed by atoms with Crippen LogP contribution in [-0.2, 0) is 79.2 Å². The fourth-order valence-electron chi connectivity index (χ4n) is 10.7. The summed E-state index contributed by atoms with van der Waals surface area (Å²) >= 11 is 9.30. The first-order chi connectivity index (χ1) is 44.7. The molecule has 11 N–H and O–H groups in total. The van der Waals surface area contributed by atoms with Gasteiger partial charge in [-0.2, -0.15) is 0 Å². The Hall–Kier alpha value is -7.75. The second kappa shape index (κ2) is 29.5. The molecule has 5 aliphatic rings. The van der Waals surface area contributed by atoms with Crippen LogP contribution in [0.5, 0.6) is 0 Å². The molecule has 0 spiro atoms. The average molecular weight is 1400 g/mol. The number of imidazole rings is 2. The number of fused-ring (bicyclic) bond motifs is 4. The number of urea groups is 1. The van der Waals surface area contributed by atoms with Gasteiger partial charge < -0.3 is 66.2 Å². The minimum atomic E-state index is -4.60. The molecule has 1 aromatic carbocycles. The highest BCUT2D eigenvalue weighted by atomic mass is 32.7. The fraction of sp³-hybridized carbons (Fsp3) is 0.519. The maximum absolute atomic E-state index is 16.8. The SMILES string of the molecule is CC(C)[C@H](NC(=O)CCN1C(=O)C=CC1=O)C(=O)N[C@@H](CCCNC(N)=O)C(O)Nc1ccc(COC(=O)N2C[C@@H](F)C[C@H]2COC(=O)Nc2ncnc3c2ncn3[C@@H]2O[C@@H]3COP(O)(=S)O[C@H]4[C@@H](F)[C@H](n5cnc6c(N)ncnc65)O[C@@H]4COP(=O)(S)O[C@H]3[C@H]2F)cc1. The first-order valence-electron chi connectivity index (χ1n) is 29.0. The smallest absolute Gasteiger partial charge is 0.412 e. The van der Waals surface area contributed by atoms with E-state index < -0.39 is 167 Å². The zero-order chi connectivity index (χ0) is 67.3. The summed E-state index contributed by atoms with van der Waals surface area (Å²) in [6.45, 7) is -8.51. The molecular formula is C52H64F3N17O18P2S2. The Morgan fingerprint density at radius 2 is 1.49 bits per heavy atom. The van der Waals surface area contributed by atoms with E-state index >= 15 is 8.78 Å². The molecule has 5 aromatic rings. The number of aromatic nitrogens is 8. The van der Waals surface area contributed by atoms with Crippen molar-refractivity contribution in [3.05, 3.63) is 67.3 Å². The molecule has 4 aromatic heterocycles. The number of thiol groups is 1. The lowest BCUT2D eigenvalue weighted by molar-refractivity contribution is -0.137. The highest BCUT2D eigenvalue weighted by Crippen LogP contribution is 2.59. The Kier molecular flexibility index (Phi) is 21.7. The summed E-state index contributed by atoms with van der Waals surface area (Å²) in [5, 5.41) is 24.5. The normalized spacial score (nSPS) is 28.1.